The largest absolute Gasteiger partial charge is 0.346 e. The van der Waals surface area contributed by atoms with E-state index in [0.29, 0.717) is 29.2 Å². The Hall–Kier alpha value is -3.59. The molecule has 3 heterocycles. The highest BCUT2D eigenvalue weighted by molar-refractivity contribution is 7.91. The maximum absolute atomic E-state index is 13.6. The molecule has 2 aromatic heterocycles. The lowest BCUT2D eigenvalue weighted by Crippen LogP contribution is -2.46. The highest BCUT2D eigenvalue weighted by atomic mass is 32.2. The molecule has 1 N–H and O–H groups in total. The number of hydrogen-bond acceptors (Lipinski definition) is 5. The van der Waals surface area contributed by atoms with Crippen LogP contribution in [0.2, 0.25) is 0 Å². The van der Waals surface area contributed by atoms with Crippen molar-refractivity contribution in [3.05, 3.63) is 77.7 Å². The van der Waals surface area contributed by atoms with Crippen LogP contribution >= 0.6 is 0 Å². The molecule has 1 saturated carbocycles. The van der Waals surface area contributed by atoms with Gasteiger partial charge in [0.1, 0.15) is 11.5 Å². The minimum absolute atomic E-state index is 0.0646. The van der Waals surface area contributed by atoms with Crippen molar-refractivity contribution in [1.29, 1.82) is 0 Å². The van der Waals surface area contributed by atoms with Crippen molar-refractivity contribution >= 4 is 26.6 Å². The van der Waals surface area contributed by atoms with E-state index in [9.17, 15) is 17.6 Å². The van der Waals surface area contributed by atoms with Crippen LogP contribution in [0.25, 0.3) is 28.0 Å². The third-order valence-corrected chi connectivity index (χ3v) is 8.90. The zero-order valence-electron chi connectivity index (χ0n) is 19.7. The lowest BCUT2D eigenvalue weighted by atomic mass is 10.00. The number of aromatic nitrogens is 3. The minimum Gasteiger partial charge on any atom is -0.346 e. The maximum Gasteiger partial charge on any atom is 0.251 e. The molecule has 184 valence electrons. The summed E-state index contributed by atoms with van der Waals surface area (Å²) in [6, 6.07) is 16.5. The molecule has 4 aromatic rings. The molecule has 2 fully saturated rings. The van der Waals surface area contributed by atoms with Crippen LogP contribution in [0.3, 0.4) is 0 Å². The van der Waals surface area contributed by atoms with Gasteiger partial charge in [0.05, 0.1) is 28.8 Å². The minimum atomic E-state index is -3.16. The fraction of sp³-hybridized carbons (Fsp3) is 0.296. The predicted octanol–water partition coefficient (Wildman–Crippen LogP) is 4.41. The van der Waals surface area contributed by atoms with Crippen LogP contribution in [0, 0.1) is 5.82 Å². The third-order valence-electron chi connectivity index (χ3n) is 7.00. The van der Waals surface area contributed by atoms with Crippen molar-refractivity contribution in [3.63, 3.8) is 0 Å². The van der Waals surface area contributed by atoms with Gasteiger partial charge in [-0.15, -0.1) is 0 Å². The van der Waals surface area contributed by atoms with E-state index in [0.717, 1.165) is 22.8 Å². The number of hydrogen-bond donors (Lipinski definition) is 1. The van der Waals surface area contributed by atoms with Gasteiger partial charge in [-0.3, -0.25) is 4.79 Å². The molecule has 36 heavy (non-hydrogen) atoms. The lowest BCUT2D eigenvalue weighted by molar-refractivity contribution is 0.0915. The van der Waals surface area contributed by atoms with Gasteiger partial charge in [0.25, 0.3) is 5.91 Å². The van der Waals surface area contributed by atoms with E-state index in [1.165, 1.54) is 24.5 Å². The monoisotopic (exact) mass is 504 g/mol. The lowest BCUT2D eigenvalue weighted by Gasteiger charge is -2.23. The fourth-order valence-electron chi connectivity index (χ4n) is 4.95. The first-order valence-electron chi connectivity index (χ1n) is 12.0. The molecule has 1 aliphatic heterocycles. The van der Waals surface area contributed by atoms with Crippen molar-refractivity contribution in [2.75, 3.05) is 11.5 Å². The molecule has 0 bridgehead atoms. The molecule has 1 saturated heterocycles. The van der Waals surface area contributed by atoms with E-state index in [1.54, 1.807) is 29.8 Å². The number of sulfone groups is 1. The number of nitrogens with zero attached hydrogens (tertiary/aromatic N) is 3. The first-order chi connectivity index (χ1) is 17.2. The van der Waals surface area contributed by atoms with Gasteiger partial charge in [0, 0.05) is 16.5 Å². The number of nitrogens with one attached hydrogen (secondary N) is 1. The molecule has 0 spiro atoms. The zero-order chi connectivity index (χ0) is 25.1. The Morgan fingerprint density at radius 2 is 1.97 bits per heavy atom. The number of carbonyl (C=O) groups is 1. The van der Waals surface area contributed by atoms with Gasteiger partial charge in [0.2, 0.25) is 0 Å². The Balaban J connectivity index is 1.44. The van der Waals surface area contributed by atoms with E-state index in [2.05, 4.69) is 22.4 Å². The number of halogens is 1. The first kappa shape index (κ1) is 22.8. The molecule has 2 aliphatic rings. The van der Waals surface area contributed by atoms with Crippen LogP contribution in [-0.4, -0.2) is 46.1 Å². The van der Waals surface area contributed by atoms with Crippen LogP contribution in [-0.2, 0) is 9.84 Å². The Labute approximate surface area is 208 Å². The second-order valence-electron chi connectivity index (χ2n) is 10.1. The number of carbonyl (C=O) groups excluding carboxylic acids is 1. The number of amides is 1. The summed E-state index contributed by atoms with van der Waals surface area (Å²) >= 11 is 0. The number of benzene rings is 2. The topological polar surface area (TPSA) is 93.9 Å². The molecule has 1 atom stereocenters. The van der Waals surface area contributed by atoms with Gasteiger partial charge in [-0.05, 0) is 74.1 Å². The number of fused-ring (bicyclic) bond motifs is 1. The summed E-state index contributed by atoms with van der Waals surface area (Å²) in [6.07, 6.45) is 3.89. The van der Waals surface area contributed by atoms with Crippen molar-refractivity contribution in [2.24, 2.45) is 0 Å². The Kier molecular flexibility index (Phi) is 5.22. The maximum atomic E-state index is 13.6. The van der Waals surface area contributed by atoms with Crippen LogP contribution in [0.5, 0.6) is 0 Å². The van der Waals surface area contributed by atoms with Gasteiger partial charge in [-0.25, -0.2) is 22.5 Å². The summed E-state index contributed by atoms with van der Waals surface area (Å²) in [6.45, 7) is 1.76. The number of rotatable bonds is 5. The molecule has 0 radical (unpaired) electrons. The standard InChI is InChI=1S/C27H25FN4O3S/c1-27(11-12-36(34,35)16-27)30-26(33)20-7-9-22-23(14-20)32(24-10-8-21(28)15-29-24)31-25(22)19-4-2-3-18(13-19)17-5-6-17/h2-4,7-10,13-15,17H,5-6,11-12,16H2,1H3,(H,30,33). The molecule has 1 aliphatic carbocycles. The second kappa shape index (κ2) is 8.23. The molecule has 6 rings (SSSR count). The summed E-state index contributed by atoms with van der Waals surface area (Å²) < 4.78 is 39.1. The molecule has 1 unspecified atom stereocenters. The fourth-order valence-corrected chi connectivity index (χ4v) is 7.04. The number of pyridine rings is 1. The summed E-state index contributed by atoms with van der Waals surface area (Å²) in [7, 11) is -3.16. The van der Waals surface area contributed by atoms with Gasteiger partial charge in [-0.1, -0.05) is 18.2 Å². The molecule has 1 amide bonds. The normalized spacial score (nSPS) is 21.1. The molecule has 7 nitrogen and oxygen atoms in total. The summed E-state index contributed by atoms with van der Waals surface area (Å²) in [4.78, 5) is 17.4. The predicted molar refractivity (Wildman–Crippen MR) is 135 cm³/mol. The Bertz CT molecular complexity index is 1610. The van der Waals surface area contributed by atoms with Crippen LogP contribution in [0.15, 0.2) is 60.8 Å². The highest BCUT2D eigenvalue weighted by Crippen LogP contribution is 2.41. The van der Waals surface area contributed by atoms with Gasteiger partial charge in [-0.2, -0.15) is 5.10 Å². The van der Waals surface area contributed by atoms with E-state index < -0.39 is 21.2 Å². The third kappa shape index (κ3) is 4.28. The molecule has 2 aromatic carbocycles. The van der Waals surface area contributed by atoms with Crippen molar-refractivity contribution < 1.29 is 17.6 Å². The smallest absolute Gasteiger partial charge is 0.251 e. The first-order valence-corrected chi connectivity index (χ1v) is 13.8. The quantitative estimate of drug-likeness (QED) is 0.435. The summed E-state index contributed by atoms with van der Waals surface area (Å²) in [5.74, 6) is 0.202. The van der Waals surface area contributed by atoms with E-state index in [4.69, 9.17) is 5.10 Å². The average molecular weight is 505 g/mol. The van der Waals surface area contributed by atoms with E-state index in [-0.39, 0.29) is 17.4 Å². The average Bonchev–Trinajstić information content (AvgIpc) is 3.58. The van der Waals surface area contributed by atoms with Crippen molar-refractivity contribution in [1.82, 2.24) is 20.1 Å². The van der Waals surface area contributed by atoms with Gasteiger partial charge < -0.3 is 5.32 Å². The Morgan fingerprint density at radius 3 is 2.67 bits per heavy atom. The van der Waals surface area contributed by atoms with Crippen molar-refractivity contribution in [3.8, 4) is 17.1 Å². The van der Waals surface area contributed by atoms with E-state index >= 15 is 0 Å². The van der Waals surface area contributed by atoms with Crippen LogP contribution in [0.4, 0.5) is 4.39 Å². The molecular weight excluding hydrogens is 479 g/mol. The van der Waals surface area contributed by atoms with Crippen LogP contribution < -0.4 is 5.32 Å². The summed E-state index contributed by atoms with van der Waals surface area (Å²) in [5, 5.41) is 8.58. The van der Waals surface area contributed by atoms with Crippen molar-refractivity contribution in [2.45, 2.75) is 37.6 Å². The van der Waals surface area contributed by atoms with Gasteiger partial charge in [0.15, 0.2) is 15.7 Å². The second-order valence-corrected chi connectivity index (χ2v) is 12.3. The SMILES string of the molecule is CC1(NC(=O)c2ccc3c(-c4cccc(C5CC5)c4)nn(-c4ccc(F)cn4)c3c2)CCS(=O)(=O)C1. The molecule has 9 heteroatoms. The highest BCUT2D eigenvalue weighted by Gasteiger charge is 2.39. The zero-order valence-corrected chi connectivity index (χ0v) is 20.6. The molecular formula is C27H25FN4O3S. The van der Waals surface area contributed by atoms with Gasteiger partial charge >= 0.3 is 0 Å². The van der Waals surface area contributed by atoms with E-state index in [1.807, 2.05) is 18.2 Å². The van der Waals surface area contributed by atoms with Crippen LogP contribution in [0.1, 0.15) is 48.0 Å². The summed E-state index contributed by atoms with van der Waals surface area (Å²) in [5.41, 5.74) is 3.22. The Morgan fingerprint density at radius 1 is 1.14 bits per heavy atom.